The van der Waals surface area contributed by atoms with Gasteiger partial charge in [-0.25, -0.2) is 0 Å². The molecule has 1 fully saturated rings. The van der Waals surface area contributed by atoms with Gasteiger partial charge in [0.1, 0.15) is 35.0 Å². The summed E-state index contributed by atoms with van der Waals surface area (Å²) >= 11 is 1.94. The minimum absolute atomic E-state index is 0.0133. The first-order valence-electron chi connectivity index (χ1n) is 15.0. The quantitative estimate of drug-likeness (QED) is 0.178. The van der Waals surface area contributed by atoms with Gasteiger partial charge in [0, 0.05) is 17.0 Å². The minimum Gasteiger partial charge on any atom is -0.496 e. The van der Waals surface area contributed by atoms with Crippen molar-refractivity contribution in [2.24, 2.45) is 0 Å². The number of carboxylic acid groups (broad SMARTS) is 3. The highest BCUT2D eigenvalue weighted by Crippen LogP contribution is 2.48. The summed E-state index contributed by atoms with van der Waals surface area (Å²) in [6.07, 6.45) is 1.53. The van der Waals surface area contributed by atoms with E-state index in [0.29, 0.717) is 46.7 Å². The van der Waals surface area contributed by atoms with Crippen molar-refractivity contribution in [1.82, 2.24) is 14.0 Å². The summed E-state index contributed by atoms with van der Waals surface area (Å²) in [6, 6.07) is 3.58. The first-order chi connectivity index (χ1) is 24.8. The lowest BCUT2D eigenvalue weighted by atomic mass is 10.1. The van der Waals surface area contributed by atoms with Gasteiger partial charge in [-0.15, -0.1) is 11.3 Å². The molecule has 2 aliphatic heterocycles. The first-order valence-corrected chi connectivity index (χ1v) is 19.1. The fourth-order valence-electron chi connectivity index (χ4n) is 5.35. The van der Waals surface area contributed by atoms with Crippen LogP contribution in [-0.4, -0.2) is 97.3 Å². The summed E-state index contributed by atoms with van der Waals surface area (Å²) in [5, 5.41) is 27.8. The minimum atomic E-state index is -4.28. The molecule has 0 aliphatic carbocycles. The van der Waals surface area contributed by atoms with Crippen LogP contribution in [0.2, 0.25) is 0 Å². The number of carboxylic acids is 3. The Morgan fingerprint density at radius 1 is 0.925 bits per heavy atom. The van der Waals surface area contributed by atoms with E-state index < -0.39 is 96.1 Å². The van der Waals surface area contributed by atoms with Gasteiger partial charge in [-0.3, -0.25) is 52.1 Å². The van der Waals surface area contributed by atoms with Crippen molar-refractivity contribution in [3.63, 3.8) is 0 Å². The summed E-state index contributed by atoms with van der Waals surface area (Å²) < 4.78 is 43.9. The Labute approximate surface area is 309 Å². The third-order valence-corrected chi connectivity index (χ3v) is 11.8. The van der Waals surface area contributed by atoms with Gasteiger partial charge in [0.15, 0.2) is 9.95 Å². The average Bonchev–Trinajstić information content (AvgIpc) is 3.74. The number of hydrogen-bond acceptors (Lipinski definition) is 15. The number of hydrogen-bond donors (Lipinski definition) is 4. The molecular formula is C30H28N4O15S4. The summed E-state index contributed by atoms with van der Waals surface area (Å²) in [5.41, 5.74) is -1.54. The molecule has 1 saturated heterocycles. The Balaban J connectivity index is 1.78. The zero-order valence-corrected chi connectivity index (χ0v) is 30.9. The topological polar surface area (TPSA) is 273 Å². The summed E-state index contributed by atoms with van der Waals surface area (Å²) in [4.78, 5) is 90.3. The van der Waals surface area contributed by atoms with E-state index in [1.807, 2.05) is 6.07 Å². The second kappa shape index (κ2) is 15.1. The summed E-state index contributed by atoms with van der Waals surface area (Å²) in [5.74, 6) is -5.64. The Morgan fingerprint density at radius 3 is 2.17 bits per heavy atom. The van der Waals surface area contributed by atoms with Crippen LogP contribution in [-0.2, 0) is 42.4 Å². The number of oxazole rings is 1. The number of thiazole rings is 1. The van der Waals surface area contributed by atoms with Crippen molar-refractivity contribution in [2.45, 2.75) is 38.3 Å². The van der Waals surface area contributed by atoms with Crippen LogP contribution in [0.4, 0.5) is 10.5 Å². The van der Waals surface area contributed by atoms with Gasteiger partial charge in [-0.2, -0.15) is 8.42 Å². The van der Waals surface area contributed by atoms with Gasteiger partial charge >= 0.3 is 17.9 Å². The van der Waals surface area contributed by atoms with Gasteiger partial charge < -0.3 is 29.4 Å². The second-order valence-electron chi connectivity index (χ2n) is 11.4. The fourth-order valence-corrected chi connectivity index (χ4v) is 9.19. The van der Waals surface area contributed by atoms with Crippen LogP contribution in [0.5, 0.6) is 5.75 Å². The van der Waals surface area contributed by atoms with Crippen LogP contribution in [0, 0.1) is 17.0 Å². The van der Waals surface area contributed by atoms with Gasteiger partial charge in [0.2, 0.25) is 5.55 Å². The first kappa shape index (κ1) is 39.1. The molecule has 2 aliphatic rings. The molecule has 0 atom stereocenters. The number of aliphatic carboxylic acids is 3. The van der Waals surface area contributed by atoms with E-state index in [0.717, 1.165) is 5.56 Å². The normalized spacial score (nSPS) is 17.5. The van der Waals surface area contributed by atoms with E-state index >= 15 is 0 Å². The van der Waals surface area contributed by atoms with Crippen LogP contribution in [0.1, 0.15) is 18.9 Å². The molecule has 3 aromatic rings. The number of nitrogens with zero attached hydrogens (tertiary/aromatic N) is 4. The molecule has 0 bridgehead atoms. The van der Waals surface area contributed by atoms with E-state index in [1.54, 1.807) is 17.9 Å². The molecule has 0 spiro atoms. The lowest BCUT2D eigenvalue weighted by molar-refractivity contribution is -0.140. The number of methoxy groups -OCH3 is 1. The number of anilines is 1. The number of benzene rings is 1. The molecule has 0 saturated carbocycles. The van der Waals surface area contributed by atoms with Gasteiger partial charge in [-0.05, 0) is 55.8 Å². The molecule has 2 aromatic heterocycles. The maximum atomic E-state index is 13.8. The lowest BCUT2D eigenvalue weighted by Gasteiger charge is -2.21. The Bertz CT molecular complexity index is 2600. The van der Waals surface area contributed by atoms with Crippen molar-refractivity contribution >= 4 is 90.2 Å². The largest absolute Gasteiger partial charge is 0.496 e. The Hall–Kier alpha value is -5.10. The number of aromatic nitrogens is 2. The van der Waals surface area contributed by atoms with Crippen LogP contribution >= 0.6 is 34.9 Å². The standard InChI is InChI=1S/C30H28N4O15S4/c1-13-7-15-17(9-16(13)48-3)50-18(31(15)5-4-6-53(45,46)47)8-14(2)22-25(41)32(10-19(35)36)28(49-22)23-26(42)33(11-20(37)38)29(51-23)24-27(43)34(12-21(39)40)30(44)52-24/h7-9H,4-6,10-12H2,1-3H3,(H,35,36)(H,37,38)(H,39,40)(H,45,46,47)/b18-8?,22-14+,28-23+,29-24+. The number of ether oxygens (including phenoxy) is 1. The highest BCUT2D eigenvalue weighted by molar-refractivity contribution is 8.23. The summed E-state index contributed by atoms with van der Waals surface area (Å²) in [6.45, 7) is 0.331. The third-order valence-electron chi connectivity index (χ3n) is 7.61. The SMILES string of the molecule is COc1cc2c(cc1C)N(CCCS(=O)(=O)O)C(=C/C(C)=c1/o/c(=c3/s/c(=C4/SC(=O)N(CC(=O)O)C4=O)n(CC(=O)O)c3=O)n(CC(=O)O)c1=O)S2. The fraction of sp³-hybridized carbons (Fsp3) is 0.300. The zero-order chi connectivity index (χ0) is 39.1. The van der Waals surface area contributed by atoms with E-state index in [-0.39, 0.29) is 35.0 Å². The lowest BCUT2D eigenvalue weighted by Crippen LogP contribution is -2.35. The molecule has 4 heterocycles. The predicted molar refractivity (Wildman–Crippen MR) is 189 cm³/mol. The number of allylic oxidation sites excluding steroid dienone is 1. The summed E-state index contributed by atoms with van der Waals surface area (Å²) in [7, 11) is -2.78. The number of fused-ring (bicyclic) bond motifs is 1. The zero-order valence-electron chi connectivity index (χ0n) is 27.7. The van der Waals surface area contributed by atoms with Crippen molar-refractivity contribution in [1.29, 1.82) is 0 Å². The van der Waals surface area contributed by atoms with Gasteiger partial charge in [-0.1, -0.05) is 11.8 Å². The smallest absolute Gasteiger partial charge is 0.323 e. The number of carbonyl (C=O) groups is 5. The van der Waals surface area contributed by atoms with E-state index in [9.17, 15) is 56.7 Å². The number of carbonyl (C=O) groups excluding carboxylic acids is 2. The number of rotatable bonds is 12. The van der Waals surface area contributed by atoms with Crippen molar-refractivity contribution in [3.05, 3.63) is 69.7 Å². The van der Waals surface area contributed by atoms with Gasteiger partial charge in [0.25, 0.3) is 32.4 Å². The van der Waals surface area contributed by atoms with E-state index in [4.69, 9.17) is 14.3 Å². The number of aryl methyl sites for hydroxylation is 1. The van der Waals surface area contributed by atoms with Crippen LogP contribution in [0.25, 0.3) is 10.5 Å². The van der Waals surface area contributed by atoms with E-state index in [2.05, 4.69) is 0 Å². The van der Waals surface area contributed by atoms with E-state index in [1.165, 1.54) is 31.9 Å². The Kier molecular flexibility index (Phi) is 11.1. The van der Waals surface area contributed by atoms with Crippen LogP contribution in [0.3, 0.4) is 0 Å². The highest BCUT2D eigenvalue weighted by atomic mass is 32.2. The van der Waals surface area contributed by atoms with Crippen molar-refractivity contribution < 1.29 is 61.4 Å². The molecule has 1 aromatic carbocycles. The molecule has 23 heteroatoms. The molecule has 53 heavy (non-hydrogen) atoms. The predicted octanol–water partition coefficient (Wildman–Crippen LogP) is 0.228. The van der Waals surface area contributed by atoms with Crippen LogP contribution < -0.4 is 30.8 Å². The van der Waals surface area contributed by atoms with Crippen molar-refractivity contribution in [2.75, 3.05) is 30.9 Å². The molecule has 0 unspecified atom stereocenters. The number of thioether (sulfide) groups is 2. The molecule has 5 rings (SSSR count). The molecule has 282 valence electrons. The second-order valence-corrected chi connectivity index (χ2v) is 16.0. The monoisotopic (exact) mass is 812 g/mol. The highest BCUT2D eigenvalue weighted by Gasteiger charge is 2.38. The number of imide groups is 1. The molecule has 19 nitrogen and oxygen atoms in total. The molecule has 0 radical (unpaired) electrons. The Morgan fingerprint density at radius 2 is 1.57 bits per heavy atom. The maximum Gasteiger partial charge on any atom is 0.323 e. The maximum absolute atomic E-state index is 13.8. The molecular weight excluding hydrogens is 785 g/mol. The van der Waals surface area contributed by atoms with Gasteiger partial charge in [0.05, 0.1) is 23.6 Å². The molecule has 4 N–H and O–H groups in total. The van der Waals surface area contributed by atoms with Crippen LogP contribution in [0.15, 0.2) is 42.1 Å². The average molecular weight is 813 g/mol. The molecule has 2 amide bonds. The van der Waals surface area contributed by atoms with Crippen molar-refractivity contribution in [3.8, 4) is 5.75 Å². The third kappa shape index (κ3) is 8.12. The number of amides is 2.